The number of hydrogen-bond donors (Lipinski definition) is 2. The van der Waals surface area contributed by atoms with E-state index in [0.717, 1.165) is 11.1 Å². The molecule has 1 saturated heterocycles. The van der Waals surface area contributed by atoms with Crippen molar-refractivity contribution in [2.75, 3.05) is 0 Å². The van der Waals surface area contributed by atoms with Crippen LogP contribution in [0.1, 0.15) is 11.1 Å². The van der Waals surface area contributed by atoms with Crippen molar-refractivity contribution in [1.82, 2.24) is 10.6 Å². The molecular weight excluding hydrogens is 279 g/mol. The fourth-order valence-corrected chi connectivity index (χ4v) is 2.40. The summed E-state index contributed by atoms with van der Waals surface area (Å²) < 4.78 is 0. The molecule has 0 saturated carbocycles. The number of urea groups is 1. The first kappa shape index (κ1) is 15.4. The maximum atomic E-state index is 12.3. The van der Waals surface area contributed by atoms with E-state index in [-0.39, 0.29) is 57.3 Å². The van der Waals surface area contributed by atoms with Gasteiger partial charge < -0.3 is 5.32 Å². The fourth-order valence-electron chi connectivity index (χ4n) is 2.40. The van der Waals surface area contributed by atoms with Crippen LogP contribution in [0.25, 0.3) is 0 Å². The Hall–Kier alpha value is -0.984. The monoisotopic (exact) mass is 291 g/mol. The zero-order valence-electron chi connectivity index (χ0n) is 11.1. The molecule has 1 fully saturated rings. The van der Waals surface area contributed by atoms with Gasteiger partial charge in [-0.2, -0.15) is 0 Å². The molecule has 94 valence electrons. The third-order valence-corrected chi connectivity index (χ3v) is 3.28. The maximum absolute atomic E-state index is 12.3. The Labute approximate surface area is 159 Å². The number of carbonyl (C=O) groups is 2. The molecule has 0 spiro atoms. The summed E-state index contributed by atoms with van der Waals surface area (Å²) in [7, 11) is 0. The van der Waals surface area contributed by atoms with Crippen LogP contribution in [0.15, 0.2) is 60.7 Å². The normalized spacial score (nSPS) is 16.0. The zero-order valence-corrected chi connectivity index (χ0v) is 14.2. The Morgan fingerprint density at radius 1 is 0.750 bits per heavy atom. The van der Waals surface area contributed by atoms with Gasteiger partial charge in [0.2, 0.25) is 0 Å². The molecule has 0 unspecified atom stereocenters. The SMILES string of the molecule is O=C1NC(=O)C(c2ccccc2)(c2ccccc2)N1.[K+]. The molecule has 1 aliphatic heterocycles. The summed E-state index contributed by atoms with van der Waals surface area (Å²) in [4.78, 5) is 23.9. The van der Waals surface area contributed by atoms with E-state index in [1.807, 2.05) is 60.7 Å². The Kier molecular flexibility index (Phi) is 4.77. The number of benzene rings is 2. The van der Waals surface area contributed by atoms with Gasteiger partial charge in [-0.15, -0.1) is 0 Å². The molecule has 3 amide bonds. The fraction of sp³-hybridized carbons (Fsp3) is 0.0667. The quantitative estimate of drug-likeness (QED) is 0.538. The zero-order chi connectivity index (χ0) is 13.3. The summed E-state index contributed by atoms with van der Waals surface area (Å²) >= 11 is 0. The van der Waals surface area contributed by atoms with Gasteiger partial charge in [0.05, 0.1) is 0 Å². The number of hydrogen-bond acceptors (Lipinski definition) is 2. The average Bonchev–Trinajstić information content (AvgIpc) is 2.76. The van der Waals surface area contributed by atoms with Gasteiger partial charge in [0.15, 0.2) is 5.54 Å². The smallest absolute Gasteiger partial charge is 0.316 e. The van der Waals surface area contributed by atoms with Crippen molar-refractivity contribution in [3.8, 4) is 0 Å². The van der Waals surface area contributed by atoms with Crippen LogP contribution in [0.3, 0.4) is 0 Å². The molecule has 4 nitrogen and oxygen atoms in total. The molecule has 2 aromatic carbocycles. The summed E-state index contributed by atoms with van der Waals surface area (Å²) in [6, 6.07) is 18.0. The Bertz CT molecular complexity index is 589. The van der Waals surface area contributed by atoms with Crippen LogP contribution in [0.5, 0.6) is 0 Å². The molecule has 20 heavy (non-hydrogen) atoms. The minimum Gasteiger partial charge on any atom is -0.316 e. The minimum atomic E-state index is -1.14. The van der Waals surface area contributed by atoms with E-state index in [1.54, 1.807) is 0 Å². The van der Waals surface area contributed by atoms with E-state index in [4.69, 9.17) is 0 Å². The first-order valence-corrected chi connectivity index (χ1v) is 5.98. The van der Waals surface area contributed by atoms with Crippen molar-refractivity contribution in [1.29, 1.82) is 0 Å². The van der Waals surface area contributed by atoms with Gasteiger partial charge >= 0.3 is 57.4 Å². The van der Waals surface area contributed by atoms with Crippen LogP contribution in [0.2, 0.25) is 0 Å². The Morgan fingerprint density at radius 3 is 1.55 bits per heavy atom. The predicted octanol–water partition coefficient (Wildman–Crippen LogP) is -1.23. The molecular formula is C15H12KN2O2+. The van der Waals surface area contributed by atoms with Gasteiger partial charge in [-0.1, -0.05) is 60.7 Å². The molecule has 1 aliphatic rings. The van der Waals surface area contributed by atoms with Crippen molar-refractivity contribution in [2.45, 2.75) is 5.54 Å². The molecule has 0 aromatic heterocycles. The van der Waals surface area contributed by atoms with Crippen LogP contribution >= 0.6 is 0 Å². The van der Waals surface area contributed by atoms with Gasteiger partial charge in [-0.3, -0.25) is 10.1 Å². The predicted molar refractivity (Wildman–Crippen MR) is 70.3 cm³/mol. The van der Waals surface area contributed by atoms with Crippen molar-refractivity contribution in [3.63, 3.8) is 0 Å². The molecule has 5 heteroatoms. The van der Waals surface area contributed by atoms with Gasteiger partial charge in [-0.05, 0) is 11.1 Å². The summed E-state index contributed by atoms with van der Waals surface area (Å²) in [6.07, 6.45) is 0. The van der Waals surface area contributed by atoms with E-state index in [9.17, 15) is 9.59 Å². The van der Waals surface area contributed by atoms with E-state index < -0.39 is 11.6 Å². The third kappa shape index (κ3) is 2.47. The summed E-state index contributed by atoms with van der Waals surface area (Å²) in [6.45, 7) is 0. The molecule has 2 N–H and O–H groups in total. The van der Waals surface area contributed by atoms with Crippen LogP contribution < -0.4 is 62.0 Å². The Balaban J connectivity index is 0.00000147. The second-order valence-corrected chi connectivity index (χ2v) is 4.39. The van der Waals surface area contributed by atoms with Crippen LogP contribution in [-0.2, 0) is 10.3 Å². The molecule has 0 radical (unpaired) electrons. The number of amides is 3. The standard InChI is InChI=1S/C15H12N2O2.K/c18-13-15(17-14(19)16-13,11-7-3-1-4-8-11)12-9-5-2-6-10-12;/h1-10H,(H2,16,17,18,19);/q;+1. The first-order valence-electron chi connectivity index (χ1n) is 5.98. The Morgan fingerprint density at radius 2 is 1.20 bits per heavy atom. The molecule has 3 rings (SSSR count). The molecule has 0 atom stereocenters. The van der Waals surface area contributed by atoms with Gasteiger partial charge in [-0.25, -0.2) is 4.79 Å². The first-order chi connectivity index (χ1) is 9.23. The third-order valence-electron chi connectivity index (χ3n) is 3.28. The molecule has 0 bridgehead atoms. The average molecular weight is 291 g/mol. The molecule has 2 aromatic rings. The second kappa shape index (κ2) is 6.20. The van der Waals surface area contributed by atoms with Gasteiger partial charge in [0.25, 0.3) is 5.91 Å². The topological polar surface area (TPSA) is 58.2 Å². The van der Waals surface area contributed by atoms with E-state index >= 15 is 0 Å². The van der Waals surface area contributed by atoms with Crippen molar-refractivity contribution in [2.24, 2.45) is 0 Å². The summed E-state index contributed by atoms with van der Waals surface area (Å²) in [5.74, 6) is -0.352. The van der Waals surface area contributed by atoms with E-state index in [1.165, 1.54) is 0 Å². The number of carbonyl (C=O) groups excluding carboxylic acids is 2. The van der Waals surface area contributed by atoms with Crippen LogP contribution in [-0.4, -0.2) is 11.9 Å². The van der Waals surface area contributed by atoms with Crippen molar-refractivity contribution in [3.05, 3.63) is 71.8 Å². The van der Waals surface area contributed by atoms with Crippen LogP contribution in [0.4, 0.5) is 4.79 Å². The summed E-state index contributed by atoms with van der Waals surface area (Å²) in [5.41, 5.74) is 0.341. The second-order valence-electron chi connectivity index (χ2n) is 4.39. The van der Waals surface area contributed by atoms with E-state index in [2.05, 4.69) is 10.6 Å². The number of nitrogens with one attached hydrogen (secondary N) is 2. The minimum absolute atomic E-state index is 0. The number of imide groups is 1. The summed E-state index contributed by atoms with van der Waals surface area (Å²) in [5, 5.41) is 5.07. The van der Waals surface area contributed by atoms with Gasteiger partial charge in [0, 0.05) is 0 Å². The van der Waals surface area contributed by atoms with Gasteiger partial charge in [0.1, 0.15) is 0 Å². The maximum Gasteiger partial charge on any atom is 1.00 e. The van der Waals surface area contributed by atoms with Crippen LogP contribution in [0, 0.1) is 0 Å². The molecule has 0 aliphatic carbocycles. The van der Waals surface area contributed by atoms with Crippen molar-refractivity contribution >= 4 is 11.9 Å². The largest absolute Gasteiger partial charge is 1.00 e. The van der Waals surface area contributed by atoms with Crippen molar-refractivity contribution < 1.29 is 61.0 Å². The van der Waals surface area contributed by atoms with E-state index in [0.29, 0.717) is 0 Å². The molecule has 1 heterocycles. The number of rotatable bonds is 2.